The molecule has 1 aliphatic heterocycles. The molecule has 0 bridgehead atoms. The molecule has 7 nitrogen and oxygen atoms in total. The van der Waals surface area contributed by atoms with E-state index in [1.807, 2.05) is 16.7 Å². The lowest BCUT2D eigenvalue weighted by molar-refractivity contribution is 0.0876. The van der Waals surface area contributed by atoms with Crippen molar-refractivity contribution < 1.29 is 13.2 Å². The zero-order valence-electron chi connectivity index (χ0n) is 18.9. The van der Waals surface area contributed by atoms with E-state index < -0.39 is 15.9 Å². The average molecular weight is 483 g/mol. The van der Waals surface area contributed by atoms with Gasteiger partial charge in [-0.15, -0.1) is 16.8 Å². The van der Waals surface area contributed by atoms with E-state index in [2.05, 4.69) is 49.7 Å². The first kappa shape index (κ1) is 23.3. The highest BCUT2D eigenvalue weighted by molar-refractivity contribution is 7.99. The van der Waals surface area contributed by atoms with Crippen LogP contribution in [0.1, 0.15) is 36.7 Å². The second kappa shape index (κ2) is 8.79. The second-order valence-corrected chi connectivity index (χ2v) is 11.7. The SMILES string of the molecule is C=CCn1c(SCCN2C(=O)c3ccccc3S2(=O)=O)nnc1-c1ccc(C(C)(C)C)cc1. The number of hydrogen-bond acceptors (Lipinski definition) is 6. The van der Waals surface area contributed by atoms with E-state index in [4.69, 9.17) is 0 Å². The normalized spacial score (nSPS) is 15.0. The molecule has 4 rings (SSSR count). The summed E-state index contributed by atoms with van der Waals surface area (Å²) in [7, 11) is -3.81. The summed E-state index contributed by atoms with van der Waals surface area (Å²) in [6.45, 7) is 10.9. The van der Waals surface area contributed by atoms with Crippen LogP contribution in [0.2, 0.25) is 0 Å². The first-order chi connectivity index (χ1) is 15.6. The van der Waals surface area contributed by atoms with Crippen LogP contribution in [0.15, 0.2) is 71.2 Å². The fourth-order valence-corrected chi connectivity index (χ4v) is 6.25. The first-order valence-corrected chi connectivity index (χ1v) is 13.0. The largest absolute Gasteiger partial charge is 0.298 e. The fraction of sp³-hybridized carbons (Fsp3) is 0.292. The van der Waals surface area contributed by atoms with Crippen LogP contribution in [0, 0.1) is 0 Å². The maximum atomic E-state index is 12.7. The van der Waals surface area contributed by atoms with Crippen molar-refractivity contribution in [2.75, 3.05) is 12.3 Å². The van der Waals surface area contributed by atoms with Gasteiger partial charge in [0.15, 0.2) is 11.0 Å². The molecular formula is C24H26N4O3S2. The molecule has 0 fully saturated rings. The minimum Gasteiger partial charge on any atom is -0.298 e. The second-order valence-electron chi connectivity index (χ2n) is 8.76. The molecular weight excluding hydrogens is 456 g/mol. The fourth-order valence-electron chi connectivity index (χ4n) is 3.69. The van der Waals surface area contributed by atoms with Crippen molar-refractivity contribution in [1.82, 2.24) is 19.1 Å². The zero-order valence-corrected chi connectivity index (χ0v) is 20.5. The highest BCUT2D eigenvalue weighted by atomic mass is 32.2. The van der Waals surface area contributed by atoms with Crippen molar-refractivity contribution in [3.63, 3.8) is 0 Å². The van der Waals surface area contributed by atoms with E-state index in [0.29, 0.717) is 17.5 Å². The Balaban J connectivity index is 1.51. The number of thioether (sulfide) groups is 1. The van der Waals surface area contributed by atoms with E-state index >= 15 is 0 Å². The van der Waals surface area contributed by atoms with E-state index in [-0.39, 0.29) is 22.4 Å². The van der Waals surface area contributed by atoms with Crippen LogP contribution in [0.3, 0.4) is 0 Å². The van der Waals surface area contributed by atoms with Gasteiger partial charge in [0.25, 0.3) is 15.9 Å². The Morgan fingerprint density at radius 2 is 1.76 bits per heavy atom. The monoisotopic (exact) mass is 482 g/mol. The standard InChI is InChI=1S/C24H26N4O3S2/c1-5-14-27-21(17-10-12-18(13-11-17)24(2,3)4)25-26-23(27)32-16-15-28-22(29)19-8-6-7-9-20(19)33(28,30)31/h5-13H,1,14-16H2,2-4H3. The van der Waals surface area contributed by atoms with Crippen LogP contribution in [0.25, 0.3) is 11.4 Å². The quantitative estimate of drug-likeness (QED) is 0.367. The predicted molar refractivity (Wildman–Crippen MR) is 130 cm³/mol. The van der Waals surface area contributed by atoms with Crippen LogP contribution in [-0.2, 0) is 22.0 Å². The number of allylic oxidation sites excluding steroid dienone is 1. The Hall–Kier alpha value is -2.91. The molecule has 33 heavy (non-hydrogen) atoms. The lowest BCUT2D eigenvalue weighted by Gasteiger charge is -2.19. The number of hydrogen-bond donors (Lipinski definition) is 0. The molecule has 1 aliphatic rings. The molecule has 0 saturated heterocycles. The van der Waals surface area contributed by atoms with Gasteiger partial charge in [-0.05, 0) is 23.1 Å². The molecule has 2 aromatic carbocycles. The van der Waals surface area contributed by atoms with Crippen molar-refractivity contribution in [3.8, 4) is 11.4 Å². The third kappa shape index (κ3) is 4.35. The molecule has 1 amide bonds. The van der Waals surface area contributed by atoms with Gasteiger partial charge in [0.1, 0.15) is 4.90 Å². The molecule has 0 unspecified atom stereocenters. The van der Waals surface area contributed by atoms with Gasteiger partial charge in [0, 0.05) is 24.4 Å². The summed E-state index contributed by atoms with van der Waals surface area (Å²) in [4.78, 5) is 12.7. The van der Waals surface area contributed by atoms with Gasteiger partial charge in [0.05, 0.1) is 5.56 Å². The summed E-state index contributed by atoms with van der Waals surface area (Å²) < 4.78 is 28.4. The molecule has 0 spiro atoms. The third-order valence-electron chi connectivity index (χ3n) is 5.48. The number of carbonyl (C=O) groups excluding carboxylic acids is 1. The Morgan fingerprint density at radius 3 is 2.39 bits per heavy atom. The number of sulfonamides is 1. The van der Waals surface area contributed by atoms with Gasteiger partial charge in [-0.25, -0.2) is 12.7 Å². The lowest BCUT2D eigenvalue weighted by atomic mass is 9.87. The van der Waals surface area contributed by atoms with Gasteiger partial charge in [-0.2, -0.15) is 0 Å². The number of rotatable bonds is 7. The maximum Gasteiger partial charge on any atom is 0.269 e. The van der Waals surface area contributed by atoms with Crippen molar-refractivity contribution in [2.24, 2.45) is 0 Å². The Bertz CT molecular complexity index is 1310. The van der Waals surface area contributed by atoms with Crippen molar-refractivity contribution in [1.29, 1.82) is 0 Å². The molecule has 172 valence electrons. The average Bonchev–Trinajstić information content (AvgIpc) is 3.26. The highest BCUT2D eigenvalue weighted by Gasteiger charge is 2.40. The summed E-state index contributed by atoms with van der Waals surface area (Å²) in [6, 6.07) is 14.5. The van der Waals surface area contributed by atoms with Gasteiger partial charge in [-0.1, -0.05) is 75.0 Å². The molecule has 0 N–H and O–H groups in total. The van der Waals surface area contributed by atoms with E-state index in [0.717, 1.165) is 15.7 Å². The molecule has 0 aliphatic carbocycles. The number of carbonyl (C=O) groups is 1. The van der Waals surface area contributed by atoms with Crippen LogP contribution in [0.5, 0.6) is 0 Å². The van der Waals surface area contributed by atoms with E-state index in [1.165, 1.54) is 23.4 Å². The van der Waals surface area contributed by atoms with Crippen LogP contribution in [-0.4, -0.2) is 45.7 Å². The summed E-state index contributed by atoms with van der Waals surface area (Å²) >= 11 is 1.36. The minimum absolute atomic E-state index is 0.0527. The number of amides is 1. The Kier molecular flexibility index (Phi) is 6.20. The van der Waals surface area contributed by atoms with E-state index in [1.54, 1.807) is 24.3 Å². The third-order valence-corrected chi connectivity index (χ3v) is 8.26. The molecule has 9 heteroatoms. The number of fused-ring (bicyclic) bond motifs is 1. The number of aromatic nitrogens is 3. The molecule has 0 atom stereocenters. The van der Waals surface area contributed by atoms with Crippen molar-refractivity contribution in [2.45, 2.75) is 42.8 Å². The zero-order chi connectivity index (χ0) is 23.8. The summed E-state index contributed by atoms with van der Waals surface area (Å²) in [5, 5.41) is 9.33. The van der Waals surface area contributed by atoms with Gasteiger partial charge >= 0.3 is 0 Å². The minimum atomic E-state index is -3.81. The summed E-state index contributed by atoms with van der Waals surface area (Å²) in [6.07, 6.45) is 1.77. The summed E-state index contributed by atoms with van der Waals surface area (Å²) in [5.41, 5.74) is 2.45. The topological polar surface area (TPSA) is 85.2 Å². The molecule has 2 heterocycles. The van der Waals surface area contributed by atoms with Crippen molar-refractivity contribution in [3.05, 3.63) is 72.3 Å². The lowest BCUT2D eigenvalue weighted by Crippen LogP contribution is -2.32. The number of benzene rings is 2. The smallest absolute Gasteiger partial charge is 0.269 e. The van der Waals surface area contributed by atoms with Crippen LogP contribution >= 0.6 is 11.8 Å². The molecule has 1 aromatic heterocycles. The number of nitrogens with zero attached hydrogens (tertiary/aromatic N) is 4. The maximum absolute atomic E-state index is 12.7. The van der Waals surface area contributed by atoms with Crippen LogP contribution < -0.4 is 0 Å². The highest BCUT2D eigenvalue weighted by Crippen LogP contribution is 2.31. The van der Waals surface area contributed by atoms with Gasteiger partial charge < -0.3 is 0 Å². The molecule has 0 saturated carbocycles. The Labute approximate surface area is 198 Å². The Morgan fingerprint density at radius 1 is 1.06 bits per heavy atom. The first-order valence-electron chi connectivity index (χ1n) is 10.6. The van der Waals surface area contributed by atoms with Crippen LogP contribution in [0.4, 0.5) is 0 Å². The summed E-state index contributed by atoms with van der Waals surface area (Å²) in [5.74, 6) is 0.588. The predicted octanol–water partition coefficient (Wildman–Crippen LogP) is 4.37. The molecule has 3 aromatic rings. The van der Waals surface area contributed by atoms with Crippen molar-refractivity contribution >= 4 is 27.7 Å². The molecule has 0 radical (unpaired) electrons. The van der Waals surface area contributed by atoms with Gasteiger partial charge in [-0.3, -0.25) is 9.36 Å². The van der Waals surface area contributed by atoms with E-state index in [9.17, 15) is 13.2 Å². The van der Waals surface area contributed by atoms with Gasteiger partial charge in [0.2, 0.25) is 0 Å².